The highest BCUT2D eigenvalue weighted by atomic mass is 19.4. The van der Waals surface area contributed by atoms with Gasteiger partial charge in [0.1, 0.15) is 5.82 Å². The summed E-state index contributed by atoms with van der Waals surface area (Å²) in [5.74, 6) is -4.38. The summed E-state index contributed by atoms with van der Waals surface area (Å²) in [5.41, 5.74) is 0. The standard InChI is InChI=1S/C16H25N3O2.2C2HF3O2/c1-3-10-20-12-13-4-5-14-15(21-13)6-8-19(14)11-16-17-7-9-18(16)2;2*3-2(4,5)1(6)7/h3,7,9,13-15H,1,4-6,8,10-12H2,2H3;2*(H,6,7)/t13-,14-,15-;;/m0../s1. The van der Waals surface area contributed by atoms with Gasteiger partial charge in [-0.25, -0.2) is 14.6 Å². The van der Waals surface area contributed by atoms with Crippen LogP contribution in [0.25, 0.3) is 0 Å². The lowest BCUT2D eigenvalue weighted by Gasteiger charge is -2.35. The van der Waals surface area contributed by atoms with Crippen molar-refractivity contribution in [3.05, 3.63) is 30.9 Å². The van der Waals surface area contributed by atoms with Gasteiger partial charge in [0.2, 0.25) is 0 Å². The van der Waals surface area contributed by atoms with E-state index in [1.807, 2.05) is 12.4 Å². The summed E-state index contributed by atoms with van der Waals surface area (Å²) in [4.78, 5) is 24.7. The van der Waals surface area contributed by atoms with Gasteiger partial charge in [0.25, 0.3) is 0 Å². The molecular weight excluding hydrogens is 492 g/mol. The van der Waals surface area contributed by atoms with Crippen molar-refractivity contribution >= 4 is 11.9 Å². The first-order valence-electron chi connectivity index (χ1n) is 10.3. The van der Waals surface area contributed by atoms with E-state index in [0.29, 0.717) is 25.4 Å². The van der Waals surface area contributed by atoms with Gasteiger partial charge in [0, 0.05) is 32.0 Å². The van der Waals surface area contributed by atoms with Crippen molar-refractivity contribution in [1.82, 2.24) is 14.5 Å². The number of ether oxygens (including phenoxy) is 2. The average molecular weight is 519 g/mol. The zero-order chi connectivity index (χ0) is 26.8. The van der Waals surface area contributed by atoms with Crippen molar-refractivity contribution in [3.8, 4) is 0 Å². The number of halogens is 6. The average Bonchev–Trinajstić information content (AvgIpc) is 3.34. The number of imidazole rings is 1. The lowest BCUT2D eigenvalue weighted by Crippen LogP contribution is -2.43. The van der Waals surface area contributed by atoms with Crippen LogP contribution >= 0.6 is 0 Å². The fourth-order valence-electron chi connectivity index (χ4n) is 3.42. The second-order valence-electron chi connectivity index (χ2n) is 7.59. The lowest BCUT2D eigenvalue weighted by molar-refractivity contribution is -0.193. The van der Waals surface area contributed by atoms with Crippen molar-refractivity contribution in [2.24, 2.45) is 7.05 Å². The molecule has 0 radical (unpaired) electrons. The Morgan fingerprint density at radius 2 is 1.74 bits per heavy atom. The normalized spacial score (nSPS) is 22.2. The van der Waals surface area contributed by atoms with Crippen LogP contribution in [0.1, 0.15) is 25.1 Å². The molecule has 0 aliphatic carbocycles. The summed E-state index contributed by atoms with van der Waals surface area (Å²) in [5, 5.41) is 14.2. The Hall–Kier alpha value is -2.65. The van der Waals surface area contributed by atoms with Crippen LogP contribution in [0.15, 0.2) is 25.0 Å². The second-order valence-corrected chi connectivity index (χ2v) is 7.59. The fraction of sp³-hybridized carbons (Fsp3) is 0.650. The molecule has 3 heterocycles. The highest BCUT2D eigenvalue weighted by Crippen LogP contribution is 2.32. The first kappa shape index (κ1) is 30.4. The Kier molecular flexibility index (Phi) is 11.7. The second kappa shape index (κ2) is 13.4. The molecule has 200 valence electrons. The van der Waals surface area contributed by atoms with Crippen molar-refractivity contribution in [1.29, 1.82) is 0 Å². The van der Waals surface area contributed by atoms with Crippen LogP contribution in [0.2, 0.25) is 0 Å². The van der Waals surface area contributed by atoms with E-state index in [1.165, 1.54) is 6.42 Å². The molecule has 0 aromatic carbocycles. The zero-order valence-electron chi connectivity index (χ0n) is 18.8. The molecule has 1 aromatic rings. The molecule has 0 saturated carbocycles. The van der Waals surface area contributed by atoms with Gasteiger partial charge in [-0.2, -0.15) is 26.3 Å². The topological polar surface area (TPSA) is 114 Å². The molecule has 2 aliphatic heterocycles. The predicted octanol–water partition coefficient (Wildman–Crippen LogP) is 3.01. The fourth-order valence-corrected chi connectivity index (χ4v) is 3.42. The van der Waals surface area contributed by atoms with Crippen LogP contribution in [-0.4, -0.2) is 87.0 Å². The van der Waals surface area contributed by atoms with E-state index in [2.05, 4.69) is 28.1 Å². The number of carboxylic acids is 2. The Balaban J connectivity index is 0.000000362. The lowest BCUT2D eigenvalue weighted by atomic mass is 9.99. The maximum atomic E-state index is 10.6. The van der Waals surface area contributed by atoms with Gasteiger partial charge < -0.3 is 24.3 Å². The Labute approximate surface area is 196 Å². The number of likely N-dealkylation sites (tertiary alicyclic amines) is 1. The van der Waals surface area contributed by atoms with Crippen LogP contribution in [0.3, 0.4) is 0 Å². The summed E-state index contributed by atoms with van der Waals surface area (Å²) in [6.45, 7) is 6.99. The molecule has 1 aromatic heterocycles. The maximum Gasteiger partial charge on any atom is 0.490 e. The number of aliphatic carboxylic acids is 2. The number of aromatic nitrogens is 2. The molecule has 2 saturated heterocycles. The van der Waals surface area contributed by atoms with Crippen LogP contribution < -0.4 is 0 Å². The third kappa shape index (κ3) is 10.7. The van der Waals surface area contributed by atoms with Gasteiger partial charge in [0.05, 0.1) is 32.0 Å². The molecule has 9 nitrogen and oxygen atoms in total. The number of alkyl halides is 6. The Morgan fingerprint density at radius 1 is 1.17 bits per heavy atom. The number of rotatable bonds is 6. The third-order valence-electron chi connectivity index (χ3n) is 5.04. The van der Waals surface area contributed by atoms with E-state index in [4.69, 9.17) is 29.3 Å². The minimum Gasteiger partial charge on any atom is -0.475 e. The maximum absolute atomic E-state index is 10.6. The number of hydrogen-bond acceptors (Lipinski definition) is 6. The molecule has 35 heavy (non-hydrogen) atoms. The molecule has 3 atom stereocenters. The van der Waals surface area contributed by atoms with Gasteiger partial charge in [0.15, 0.2) is 0 Å². The molecule has 0 amide bonds. The molecule has 15 heteroatoms. The van der Waals surface area contributed by atoms with Crippen molar-refractivity contribution in [3.63, 3.8) is 0 Å². The van der Waals surface area contributed by atoms with Gasteiger partial charge in [-0.3, -0.25) is 4.90 Å². The van der Waals surface area contributed by atoms with Crippen molar-refractivity contribution in [2.75, 3.05) is 19.8 Å². The molecular formula is C20H27F6N3O6. The molecule has 0 spiro atoms. The quantitative estimate of drug-likeness (QED) is 0.335. The van der Waals surface area contributed by atoms with Crippen LogP contribution in [0.4, 0.5) is 26.3 Å². The summed E-state index contributed by atoms with van der Waals surface area (Å²) < 4.78 is 77.3. The van der Waals surface area contributed by atoms with E-state index < -0.39 is 24.3 Å². The smallest absolute Gasteiger partial charge is 0.475 e. The largest absolute Gasteiger partial charge is 0.490 e. The zero-order valence-corrected chi connectivity index (χ0v) is 18.8. The molecule has 2 N–H and O–H groups in total. The minimum absolute atomic E-state index is 0.249. The van der Waals surface area contributed by atoms with Gasteiger partial charge in [-0.05, 0) is 19.3 Å². The van der Waals surface area contributed by atoms with Crippen LogP contribution in [-0.2, 0) is 32.7 Å². The minimum atomic E-state index is -5.08. The number of carbonyl (C=O) groups is 2. The summed E-state index contributed by atoms with van der Waals surface area (Å²) in [6.07, 6.45) is -0.508. The summed E-state index contributed by atoms with van der Waals surface area (Å²) >= 11 is 0. The number of nitrogens with zero attached hydrogens (tertiary/aromatic N) is 3. The first-order valence-corrected chi connectivity index (χ1v) is 10.3. The van der Waals surface area contributed by atoms with Crippen molar-refractivity contribution < 1.29 is 55.6 Å². The summed E-state index contributed by atoms with van der Waals surface area (Å²) in [6, 6.07) is 0.539. The van der Waals surface area contributed by atoms with Crippen molar-refractivity contribution in [2.45, 2.75) is 56.4 Å². The highest BCUT2D eigenvalue weighted by molar-refractivity contribution is 5.73. The predicted molar refractivity (Wildman–Crippen MR) is 108 cm³/mol. The van der Waals surface area contributed by atoms with Gasteiger partial charge in [-0.15, -0.1) is 6.58 Å². The Morgan fingerprint density at radius 3 is 2.20 bits per heavy atom. The summed E-state index contributed by atoms with van der Waals surface area (Å²) in [7, 11) is 2.06. The van der Waals surface area contributed by atoms with Gasteiger partial charge >= 0.3 is 24.3 Å². The molecule has 2 aliphatic rings. The number of carboxylic acid groups (broad SMARTS) is 2. The molecule has 0 bridgehead atoms. The van der Waals surface area contributed by atoms with E-state index in [0.717, 1.165) is 31.8 Å². The third-order valence-corrected chi connectivity index (χ3v) is 5.04. The molecule has 2 fully saturated rings. The van der Waals surface area contributed by atoms with Gasteiger partial charge in [-0.1, -0.05) is 6.08 Å². The molecule has 3 rings (SSSR count). The Bertz CT molecular complexity index is 805. The number of hydrogen-bond donors (Lipinski definition) is 2. The van der Waals surface area contributed by atoms with E-state index in [1.54, 1.807) is 6.08 Å². The number of fused-ring (bicyclic) bond motifs is 1. The van der Waals surface area contributed by atoms with E-state index in [9.17, 15) is 26.3 Å². The van der Waals surface area contributed by atoms with Crippen LogP contribution in [0, 0.1) is 0 Å². The SMILES string of the molecule is C=CCOC[C@@H]1CC[C@H]2[C@H](CCN2Cc2nccn2C)O1.O=C(O)C(F)(F)F.O=C(O)C(F)(F)F. The molecule has 0 unspecified atom stereocenters. The van der Waals surface area contributed by atoms with Crippen LogP contribution in [0.5, 0.6) is 0 Å². The number of aryl methyl sites for hydroxylation is 1. The first-order chi connectivity index (χ1) is 16.2. The van der Waals surface area contributed by atoms with E-state index >= 15 is 0 Å². The highest BCUT2D eigenvalue weighted by Gasteiger charge is 2.40. The monoisotopic (exact) mass is 519 g/mol. The van der Waals surface area contributed by atoms with E-state index in [-0.39, 0.29) is 6.10 Å².